The van der Waals surface area contributed by atoms with Crippen LogP contribution in [0.4, 0.5) is 11.4 Å². The molecule has 1 saturated heterocycles. The van der Waals surface area contributed by atoms with Crippen LogP contribution in [0.2, 0.25) is 0 Å². The van der Waals surface area contributed by atoms with E-state index in [2.05, 4.69) is 20.8 Å². The highest BCUT2D eigenvalue weighted by molar-refractivity contribution is 9.10. The van der Waals surface area contributed by atoms with Crippen LogP contribution in [0.1, 0.15) is 12.8 Å². The topological polar surface area (TPSA) is 49.6 Å². The Labute approximate surface area is 121 Å². The maximum atomic E-state index is 12.0. The third kappa shape index (κ3) is 2.71. The summed E-state index contributed by atoms with van der Waals surface area (Å²) in [5.41, 5.74) is 7.91. The predicted octanol–water partition coefficient (Wildman–Crippen LogP) is 2.09. The van der Waals surface area contributed by atoms with Crippen LogP contribution in [0.15, 0.2) is 22.7 Å². The van der Waals surface area contributed by atoms with E-state index in [0.29, 0.717) is 11.8 Å². The molecule has 3 rings (SSSR count). The van der Waals surface area contributed by atoms with E-state index in [1.807, 2.05) is 23.1 Å². The van der Waals surface area contributed by atoms with Crippen LogP contribution < -0.4 is 10.6 Å². The number of carbonyl (C=O) groups is 1. The molecule has 1 aromatic carbocycles. The molecule has 102 valence electrons. The first-order chi connectivity index (χ1) is 9.15. The van der Waals surface area contributed by atoms with E-state index in [4.69, 9.17) is 5.73 Å². The Morgan fingerprint density at radius 1 is 1.21 bits per heavy atom. The Bertz CT molecular complexity index is 493. The van der Waals surface area contributed by atoms with Crippen LogP contribution >= 0.6 is 15.9 Å². The zero-order valence-corrected chi connectivity index (χ0v) is 12.4. The Kier molecular flexibility index (Phi) is 3.39. The van der Waals surface area contributed by atoms with Crippen molar-refractivity contribution in [3.8, 4) is 0 Å². The van der Waals surface area contributed by atoms with Gasteiger partial charge in [-0.15, -0.1) is 0 Å². The number of anilines is 2. The molecule has 19 heavy (non-hydrogen) atoms. The summed E-state index contributed by atoms with van der Waals surface area (Å²) in [4.78, 5) is 16.3. The summed E-state index contributed by atoms with van der Waals surface area (Å²) in [5, 5.41) is 0. The van der Waals surface area contributed by atoms with Crippen molar-refractivity contribution in [2.75, 3.05) is 36.8 Å². The molecule has 1 aromatic rings. The Balaban J connectivity index is 1.64. The lowest BCUT2D eigenvalue weighted by molar-refractivity contribution is -0.132. The fourth-order valence-electron chi connectivity index (χ4n) is 2.57. The summed E-state index contributed by atoms with van der Waals surface area (Å²) in [7, 11) is 0. The first-order valence-corrected chi connectivity index (χ1v) is 7.53. The predicted molar refractivity (Wildman–Crippen MR) is 80.1 cm³/mol. The number of hydrogen-bond donors (Lipinski definition) is 1. The highest BCUT2D eigenvalue weighted by Gasteiger charge is 2.34. The summed E-state index contributed by atoms with van der Waals surface area (Å²) in [6, 6.07) is 5.97. The molecular weight excluding hydrogens is 306 g/mol. The van der Waals surface area contributed by atoms with Gasteiger partial charge in [0.05, 0.1) is 11.4 Å². The number of carbonyl (C=O) groups excluding carboxylic acids is 1. The molecule has 0 atom stereocenters. The number of piperazine rings is 1. The van der Waals surface area contributed by atoms with Gasteiger partial charge in [-0.2, -0.15) is 0 Å². The number of amides is 1. The van der Waals surface area contributed by atoms with E-state index in [9.17, 15) is 4.79 Å². The smallest absolute Gasteiger partial charge is 0.225 e. The molecular formula is C14H18BrN3O. The number of halogens is 1. The third-order valence-electron chi connectivity index (χ3n) is 3.85. The highest BCUT2D eigenvalue weighted by Crippen LogP contribution is 2.32. The average Bonchev–Trinajstić information content (AvgIpc) is 3.22. The fourth-order valence-corrected chi connectivity index (χ4v) is 2.95. The van der Waals surface area contributed by atoms with E-state index in [1.165, 1.54) is 0 Å². The monoisotopic (exact) mass is 323 g/mol. The summed E-state index contributed by atoms with van der Waals surface area (Å²) >= 11 is 3.42. The first kappa shape index (κ1) is 12.8. The second kappa shape index (κ2) is 5.04. The van der Waals surface area contributed by atoms with Crippen LogP contribution in [0, 0.1) is 5.92 Å². The van der Waals surface area contributed by atoms with Crippen LogP contribution in [-0.2, 0) is 4.79 Å². The zero-order chi connectivity index (χ0) is 13.4. The van der Waals surface area contributed by atoms with E-state index in [1.54, 1.807) is 0 Å². The van der Waals surface area contributed by atoms with Crippen molar-refractivity contribution in [3.63, 3.8) is 0 Å². The number of benzene rings is 1. The molecule has 0 radical (unpaired) electrons. The Morgan fingerprint density at radius 2 is 1.89 bits per heavy atom. The van der Waals surface area contributed by atoms with Gasteiger partial charge < -0.3 is 15.5 Å². The normalized spacial score (nSPS) is 19.6. The SMILES string of the molecule is Nc1cc(Br)ccc1N1CCN(C(=O)C2CC2)CC1. The number of nitrogen functional groups attached to an aromatic ring is 1. The fraction of sp³-hybridized carbons (Fsp3) is 0.500. The van der Waals surface area contributed by atoms with E-state index >= 15 is 0 Å². The van der Waals surface area contributed by atoms with Crippen molar-refractivity contribution in [1.29, 1.82) is 0 Å². The molecule has 0 aromatic heterocycles. The molecule has 1 aliphatic carbocycles. The average molecular weight is 324 g/mol. The summed E-state index contributed by atoms with van der Waals surface area (Å²) in [5.74, 6) is 0.674. The van der Waals surface area contributed by atoms with E-state index < -0.39 is 0 Å². The molecule has 0 unspecified atom stereocenters. The maximum Gasteiger partial charge on any atom is 0.225 e. The standard InChI is InChI=1S/C14H18BrN3O/c15-11-3-4-13(12(16)9-11)17-5-7-18(8-6-17)14(19)10-1-2-10/h3-4,9-10H,1-2,5-8,16H2. The molecule has 5 heteroatoms. The lowest BCUT2D eigenvalue weighted by atomic mass is 10.2. The van der Waals surface area contributed by atoms with Gasteiger partial charge in [-0.1, -0.05) is 15.9 Å². The van der Waals surface area contributed by atoms with E-state index in [-0.39, 0.29) is 0 Å². The molecule has 2 fully saturated rings. The third-order valence-corrected chi connectivity index (χ3v) is 4.34. The minimum atomic E-state index is 0.323. The molecule has 1 heterocycles. The van der Waals surface area contributed by atoms with Crippen molar-refractivity contribution < 1.29 is 4.79 Å². The van der Waals surface area contributed by atoms with Crippen LogP contribution in [0.5, 0.6) is 0 Å². The highest BCUT2D eigenvalue weighted by atomic mass is 79.9. The number of nitrogens with two attached hydrogens (primary N) is 1. The largest absolute Gasteiger partial charge is 0.397 e. The minimum absolute atomic E-state index is 0.323. The van der Waals surface area contributed by atoms with Gasteiger partial charge in [-0.3, -0.25) is 4.79 Å². The molecule has 0 bridgehead atoms. The van der Waals surface area contributed by atoms with Crippen LogP contribution in [0.3, 0.4) is 0 Å². The van der Waals surface area contributed by atoms with Crippen LogP contribution in [-0.4, -0.2) is 37.0 Å². The van der Waals surface area contributed by atoms with Crippen molar-refractivity contribution in [2.45, 2.75) is 12.8 Å². The van der Waals surface area contributed by atoms with Crippen molar-refractivity contribution in [2.24, 2.45) is 5.92 Å². The summed E-state index contributed by atoms with van der Waals surface area (Å²) in [6.07, 6.45) is 2.16. The van der Waals surface area contributed by atoms with Gasteiger partial charge in [0.2, 0.25) is 5.91 Å². The first-order valence-electron chi connectivity index (χ1n) is 6.74. The molecule has 2 N–H and O–H groups in total. The maximum absolute atomic E-state index is 12.0. The molecule has 2 aliphatic rings. The van der Waals surface area contributed by atoms with Gasteiger partial charge in [-0.05, 0) is 31.0 Å². The Hall–Kier alpha value is -1.23. The van der Waals surface area contributed by atoms with Crippen molar-refractivity contribution in [1.82, 2.24) is 4.90 Å². The quantitative estimate of drug-likeness (QED) is 0.848. The molecule has 0 spiro atoms. The van der Waals surface area contributed by atoms with Gasteiger partial charge in [0.25, 0.3) is 0 Å². The van der Waals surface area contributed by atoms with Crippen molar-refractivity contribution >= 4 is 33.2 Å². The molecule has 1 amide bonds. The molecule has 1 aliphatic heterocycles. The summed E-state index contributed by atoms with van der Waals surface area (Å²) in [6.45, 7) is 3.35. The van der Waals surface area contributed by atoms with Gasteiger partial charge in [0, 0.05) is 36.6 Å². The lowest BCUT2D eigenvalue weighted by Crippen LogP contribution is -2.49. The van der Waals surface area contributed by atoms with Gasteiger partial charge in [0.1, 0.15) is 0 Å². The van der Waals surface area contributed by atoms with Gasteiger partial charge in [-0.25, -0.2) is 0 Å². The molecule has 1 saturated carbocycles. The van der Waals surface area contributed by atoms with Crippen LogP contribution in [0.25, 0.3) is 0 Å². The lowest BCUT2D eigenvalue weighted by Gasteiger charge is -2.36. The van der Waals surface area contributed by atoms with Gasteiger partial charge in [0.15, 0.2) is 0 Å². The zero-order valence-electron chi connectivity index (χ0n) is 10.8. The molecule has 4 nitrogen and oxygen atoms in total. The van der Waals surface area contributed by atoms with Gasteiger partial charge >= 0.3 is 0 Å². The second-order valence-corrected chi connectivity index (χ2v) is 6.21. The second-order valence-electron chi connectivity index (χ2n) is 5.29. The Morgan fingerprint density at radius 3 is 2.47 bits per heavy atom. The number of nitrogens with zero attached hydrogens (tertiary/aromatic N) is 2. The minimum Gasteiger partial charge on any atom is -0.397 e. The number of rotatable bonds is 2. The summed E-state index contributed by atoms with van der Waals surface area (Å²) < 4.78 is 0.997. The number of hydrogen-bond acceptors (Lipinski definition) is 3. The van der Waals surface area contributed by atoms with E-state index in [0.717, 1.165) is 54.9 Å². The van der Waals surface area contributed by atoms with Crippen molar-refractivity contribution in [3.05, 3.63) is 22.7 Å².